The molecule has 144 valence electrons. The van der Waals surface area contributed by atoms with Gasteiger partial charge in [-0.2, -0.15) is 0 Å². The zero-order valence-electron chi connectivity index (χ0n) is 15.7. The van der Waals surface area contributed by atoms with Gasteiger partial charge in [-0.15, -0.1) is 10.2 Å². The summed E-state index contributed by atoms with van der Waals surface area (Å²) < 4.78 is 10.9. The predicted octanol–water partition coefficient (Wildman–Crippen LogP) is 3.29. The number of likely N-dealkylation sites (tertiary alicyclic amines) is 1. The van der Waals surface area contributed by atoms with E-state index in [1.807, 2.05) is 24.3 Å². The van der Waals surface area contributed by atoms with Crippen LogP contribution in [0.5, 0.6) is 0 Å². The van der Waals surface area contributed by atoms with Crippen LogP contribution in [0, 0.1) is 17.8 Å². The van der Waals surface area contributed by atoms with Crippen LogP contribution in [0.1, 0.15) is 25.7 Å². The van der Waals surface area contributed by atoms with Gasteiger partial charge in [0.2, 0.25) is 0 Å². The van der Waals surface area contributed by atoms with Crippen molar-refractivity contribution in [3.63, 3.8) is 0 Å². The largest absolute Gasteiger partial charge is 0.463 e. The van der Waals surface area contributed by atoms with Crippen LogP contribution in [-0.4, -0.2) is 54.0 Å². The SMILES string of the molecule is c1coc(-c2ccc(N[C@H]3C[C@@H]4CN(CC5CCOCC5)C[C@@H]4C3)nn2)c1. The van der Waals surface area contributed by atoms with Crippen molar-refractivity contribution in [3.8, 4) is 11.5 Å². The van der Waals surface area contributed by atoms with E-state index in [-0.39, 0.29) is 0 Å². The normalized spacial score (nSPS) is 29.1. The van der Waals surface area contributed by atoms with Gasteiger partial charge in [-0.1, -0.05) is 0 Å². The third-order valence-corrected chi connectivity index (χ3v) is 6.47. The van der Waals surface area contributed by atoms with Gasteiger partial charge in [-0.25, -0.2) is 0 Å². The van der Waals surface area contributed by atoms with Gasteiger partial charge in [0.05, 0.1) is 6.26 Å². The van der Waals surface area contributed by atoms with Crippen molar-refractivity contribution in [3.05, 3.63) is 30.5 Å². The first kappa shape index (κ1) is 17.2. The monoisotopic (exact) mass is 368 g/mol. The molecule has 0 aromatic carbocycles. The zero-order chi connectivity index (χ0) is 18.1. The van der Waals surface area contributed by atoms with Crippen molar-refractivity contribution < 1.29 is 9.15 Å². The summed E-state index contributed by atoms with van der Waals surface area (Å²) in [6.07, 6.45) is 6.63. The van der Waals surface area contributed by atoms with Gasteiger partial charge < -0.3 is 19.4 Å². The molecule has 27 heavy (non-hydrogen) atoms. The summed E-state index contributed by atoms with van der Waals surface area (Å²) >= 11 is 0. The Balaban J connectivity index is 1.12. The number of hydrogen-bond acceptors (Lipinski definition) is 6. The topological polar surface area (TPSA) is 63.4 Å². The van der Waals surface area contributed by atoms with E-state index in [4.69, 9.17) is 9.15 Å². The molecule has 5 rings (SSSR count). The molecule has 3 atom stereocenters. The maximum Gasteiger partial charge on any atom is 0.154 e. The molecule has 2 aromatic heterocycles. The number of nitrogens with zero attached hydrogens (tertiary/aromatic N) is 3. The van der Waals surface area contributed by atoms with E-state index in [2.05, 4.69) is 20.4 Å². The highest BCUT2D eigenvalue weighted by molar-refractivity contribution is 5.52. The first-order valence-corrected chi connectivity index (χ1v) is 10.3. The number of anilines is 1. The fourth-order valence-electron chi connectivity index (χ4n) is 5.13. The quantitative estimate of drug-likeness (QED) is 0.874. The molecule has 4 heterocycles. The summed E-state index contributed by atoms with van der Waals surface area (Å²) in [4.78, 5) is 2.71. The van der Waals surface area contributed by atoms with Crippen molar-refractivity contribution in [2.75, 3.05) is 38.2 Å². The molecule has 6 heteroatoms. The van der Waals surface area contributed by atoms with E-state index < -0.39 is 0 Å². The Bertz CT molecular complexity index is 713. The highest BCUT2D eigenvalue weighted by atomic mass is 16.5. The van der Waals surface area contributed by atoms with Crippen molar-refractivity contribution >= 4 is 5.82 Å². The molecule has 3 aliphatic rings. The number of rotatable bonds is 5. The van der Waals surface area contributed by atoms with E-state index in [0.29, 0.717) is 6.04 Å². The predicted molar refractivity (Wildman–Crippen MR) is 103 cm³/mol. The molecule has 3 fully saturated rings. The van der Waals surface area contributed by atoms with E-state index in [9.17, 15) is 0 Å². The lowest BCUT2D eigenvalue weighted by Crippen LogP contribution is -2.32. The Hall–Kier alpha value is -1.92. The molecule has 2 aliphatic heterocycles. The summed E-state index contributed by atoms with van der Waals surface area (Å²) in [6.45, 7) is 5.72. The van der Waals surface area contributed by atoms with Gasteiger partial charge in [0, 0.05) is 38.9 Å². The van der Waals surface area contributed by atoms with Crippen LogP contribution in [0.4, 0.5) is 5.82 Å². The molecule has 0 radical (unpaired) electrons. The van der Waals surface area contributed by atoms with Crippen molar-refractivity contribution in [1.82, 2.24) is 15.1 Å². The molecule has 1 saturated carbocycles. The van der Waals surface area contributed by atoms with Crippen LogP contribution in [0.2, 0.25) is 0 Å². The van der Waals surface area contributed by atoms with Crippen LogP contribution >= 0.6 is 0 Å². The lowest BCUT2D eigenvalue weighted by atomic mass is 10.00. The molecular formula is C21H28N4O2. The van der Waals surface area contributed by atoms with Gasteiger partial charge in [-0.3, -0.25) is 0 Å². The van der Waals surface area contributed by atoms with Crippen molar-refractivity contribution in [2.45, 2.75) is 31.7 Å². The minimum Gasteiger partial charge on any atom is -0.463 e. The molecule has 0 amide bonds. The highest BCUT2D eigenvalue weighted by Gasteiger charge is 2.41. The number of aromatic nitrogens is 2. The van der Waals surface area contributed by atoms with Gasteiger partial charge in [-0.05, 0) is 67.7 Å². The van der Waals surface area contributed by atoms with Crippen LogP contribution in [0.25, 0.3) is 11.5 Å². The second kappa shape index (κ2) is 7.60. The third kappa shape index (κ3) is 3.87. The molecule has 2 aromatic rings. The zero-order valence-corrected chi connectivity index (χ0v) is 15.7. The Morgan fingerprint density at radius 1 is 1.04 bits per heavy atom. The van der Waals surface area contributed by atoms with E-state index in [1.165, 1.54) is 45.3 Å². The second-order valence-electron chi connectivity index (χ2n) is 8.39. The van der Waals surface area contributed by atoms with E-state index in [1.54, 1.807) is 6.26 Å². The summed E-state index contributed by atoms with van der Waals surface area (Å²) in [6, 6.07) is 8.28. The molecule has 1 N–H and O–H groups in total. The van der Waals surface area contributed by atoms with E-state index >= 15 is 0 Å². The van der Waals surface area contributed by atoms with Gasteiger partial charge >= 0.3 is 0 Å². The third-order valence-electron chi connectivity index (χ3n) is 6.47. The Labute approximate surface area is 160 Å². The number of ether oxygens (including phenoxy) is 1. The number of furan rings is 1. The Morgan fingerprint density at radius 3 is 2.52 bits per heavy atom. The van der Waals surface area contributed by atoms with Crippen LogP contribution in [-0.2, 0) is 4.74 Å². The summed E-state index contributed by atoms with van der Waals surface area (Å²) in [5, 5.41) is 12.2. The van der Waals surface area contributed by atoms with Crippen LogP contribution < -0.4 is 5.32 Å². The summed E-state index contributed by atoms with van der Waals surface area (Å²) in [5.41, 5.74) is 0.776. The minimum atomic E-state index is 0.522. The maximum absolute atomic E-state index is 5.49. The first-order valence-electron chi connectivity index (χ1n) is 10.3. The lowest BCUT2D eigenvalue weighted by Gasteiger charge is -2.27. The van der Waals surface area contributed by atoms with Gasteiger partial charge in [0.1, 0.15) is 11.5 Å². The summed E-state index contributed by atoms with van der Waals surface area (Å²) in [5.74, 6) is 4.13. The average molecular weight is 368 g/mol. The molecule has 0 unspecified atom stereocenters. The van der Waals surface area contributed by atoms with Crippen molar-refractivity contribution in [1.29, 1.82) is 0 Å². The number of hydrogen-bond donors (Lipinski definition) is 1. The number of nitrogens with one attached hydrogen (secondary N) is 1. The van der Waals surface area contributed by atoms with E-state index in [0.717, 1.165) is 48.2 Å². The molecule has 1 aliphatic carbocycles. The molecule has 6 nitrogen and oxygen atoms in total. The summed E-state index contributed by atoms with van der Waals surface area (Å²) in [7, 11) is 0. The fourth-order valence-corrected chi connectivity index (χ4v) is 5.13. The Kier molecular flexibility index (Phi) is 4.84. The van der Waals surface area contributed by atoms with Gasteiger partial charge in [0.25, 0.3) is 0 Å². The second-order valence-corrected chi connectivity index (χ2v) is 8.39. The smallest absolute Gasteiger partial charge is 0.154 e. The van der Waals surface area contributed by atoms with Gasteiger partial charge in [0.15, 0.2) is 5.76 Å². The molecule has 2 saturated heterocycles. The highest BCUT2D eigenvalue weighted by Crippen LogP contribution is 2.39. The van der Waals surface area contributed by atoms with Crippen molar-refractivity contribution in [2.24, 2.45) is 17.8 Å². The Morgan fingerprint density at radius 2 is 1.85 bits per heavy atom. The first-order chi connectivity index (χ1) is 13.3. The fraction of sp³-hybridized carbons (Fsp3) is 0.619. The average Bonchev–Trinajstić information content (AvgIpc) is 3.40. The van der Waals surface area contributed by atoms with Crippen LogP contribution in [0.3, 0.4) is 0 Å². The molecule has 0 spiro atoms. The molecule has 0 bridgehead atoms. The maximum atomic E-state index is 5.49. The lowest BCUT2D eigenvalue weighted by molar-refractivity contribution is 0.0545. The molecular weight excluding hydrogens is 340 g/mol. The number of fused-ring (bicyclic) bond motifs is 1. The van der Waals surface area contributed by atoms with Crippen LogP contribution in [0.15, 0.2) is 34.9 Å². The minimum absolute atomic E-state index is 0.522. The standard InChI is InChI=1S/C21H28N4O2/c1-2-20(27-7-1)19-3-4-21(24-23-19)22-18-10-16-13-25(14-17(16)11-18)12-15-5-8-26-9-6-15/h1-4,7,15-18H,5-6,8-14H2,(H,22,24)/t16-,17+,18+.